The molecule has 21 heavy (non-hydrogen) atoms. The summed E-state index contributed by atoms with van der Waals surface area (Å²) in [6.07, 6.45) is 4.12. The SMILES string of the molecule is CCO[C](=[Cr])/C=C(\CCCO[Si](C)(C)C(C)(C)C)N(C)C. The van der Waals surface area contributed by atoms with Crippen LogP contribution in [0.1, 0.15) is 40.5 Å². The normalized spacial score (nSPS) is 13.4. The van der Waals surface area contributed by atoms with E-state index in [0.717, 1.165) is 24.0 Å². The van der Waals surface area contributed by atoms with E-state index in [-0.39, 0.29) is 5.04 Å². The first-order valence-corrected chi connectivity index (χ1v) is 11.2. The Morgan fingerprint density at radius 3 is 2.24 bits per heavy atom. The van der Waals surface area contributed by atoms with E-state index in [2.05, 4.69) is 74.8 Å². The number of hydrogen-bond donors (Lipinski definition) is 0. The summed E-state index contributed by atoms with van der Waals surface area (Å²) in [4.78, 5) is 2.14. The molecule has 0 bridgehead atoms. The quantitative estimate of drug-likeness (QED) is 0.464. The van der Waals surface area contributed by atoms with E-state index in [4.69, 9.17) is 9.16 Å². The molecule has 0 aromatic heterocycles. The zero-order valence-corrected chi connectivity index (χ0v) is 17.4. The van der Waals surface area contributed by atoms with Crippen molar-refractivity contribution in [1.82, 2.24) is 4.90 Å². The van der Waals surface area contributed by atoms with Gasteiger partial charge in [0.2, 0.25) is 0 Å². The van der Waals surface area contributed by atoms with Crippen LogP contribution in [0.4, 0.5) is 0 Å². The Balaban J connectivity index is 4.38. The third-order valence-electron chi connectivity index (χ3n) is 3.99. The predicted octanol–water partition coefficient (Wildman–Crippen LogP) is 3.95. The van der Waals surface area contributed by atoms with Crippen LogP contribution in [0.25, 0.3) is 0 Å². The van der Waals surface area contributed by atoms with Crippen LogP contribution in [-0.4, -0.2) is 45.1 Å². The molecule has 0 aliphatic carbocycles. The molecular weight excluding hydrogens is 318 g/mol. The van der Waals surface area contributed by atoms with E-state index >= 15 is 0 Å². The number of nitrogens with zero attached hydrogens (tertiary/aromatic N) is 1. The van der Waals surface area contributed by atoms with Gasteiger partial charge in [-0.25, -0.2) is 0 Å². The molecule has 0 N–H and O–H groups in total. The van der Waals surface area contributed by atoms with E-state index in [9.17, 15) is 0 Å². The van der Waals surface area contributed by atoms with E-state index in [1.54, 1.807) is 0 Å². The molecule has 0 spiro atoms. The summed E-state index contributed by atoms with van der Waals surface area (Å²) < 4.78 is 12.5. The molecule has 0 rings (SSSR count). The fraction of sp³-hybridized carbons (Fsp3) is 0.812. The molecule has 0 unspecified atom stereocenters. The van der Waals surface area contributed by atoms with Gasteiger partial charge >= 0.3 is 141 Å². The third kappa shape index (κ3) is 8.32. The van der Waals surface area contributed by atoms with Crippen LogP contribution in [0.15, 0.2) is 11.8 Å². The Morgan fingerprint density at radius 2 is 1.81 bits per heavy atom. The van der Waals surface area contributed by atoms with Crippen molar-refractivity contribution in [3.05, 3.63) is 11.8 Å². The summed E-state index contributed by atoms with van der Waals surface area (Å²) in [5.74, 6) is 0. The standard InChI is InChI=1S/C16H33NO2Si.Cr/c1-9-18-14-12-15(17(5)6)11-10-13-19-20(7,8)16(2,3)4;/h12H,9-11,13H2,1-8H3;/b15-12+;. The summed E-state index contributed by atoms with van der Waals surface area (Å²) in [6.45, 7) is 15.0. The van der Waals surface area contributed by atoms with Crippen molar-refractivity contribution in [2.75, 3.05) is 27.3 Å². The molecule has 0 saturated heterocycles. The first-order valence-electron chi connectivity index (χ1n) is 7.70. The third-order valence-corrected chi connectivity index (χ3v) is 8.90. The van der Waals surface area contributed by atoms with Crippen molar-refractivity contribution in [1.29, 1.82) is 0 Å². The zero-order chi connectivity index (χ0) is 16.7. The van der Waals surface area contributed by atoms with Gasteiger partial charge in [-0.1, -0.05) is 0 Å². The molecule has 3 nitrogen and oxygen atoms in total. The Labute approximate surface area is 140 Å². The summed E-state index contributed by atoms with van der Waals surface area (Å²) >= 11 is 2.96. The van der Waals surface area contributed by atoms with Crippen molar-refractivity contribution in [3.63, 3.8) is 0 Å². The van der Waals surface area contributed by atoms with Gasteiger partial charge in [0.1, 0.15) is 0 Å². The zero-order valence-electron chi connectivity index (χ0n) is 15.1. The molecule has 0 radical (unpaired) electrons. The van der Waals surface area contributed by atoms with Crippen molar-refractivity contribution in [3.8, 4) is 0 Å². The molecular formula is C16H33CrNO2Si. The van der Waals surface area contributed by atoms with Gasteiger partial charge in [0.15, 0.2) is 0 Å². The fourth-order valence-electron chi connectivity index (χ4n) is 1.54. The van der Waals surface area contributed by atoms with Gasteiger partial charge in [-0.05, 0) is 0 Å². The molecule has 0 aliphatic rings. The summed E-state index contributed by atoms with van der Waals surface area (Å²) in [5.41, 5.74) is 1.26. The van der Waals surface area contributed by atoms with Gasteiger partial charge < -0.3 is 0 Å². The Hall–Kier alpha value is 0.0794. The number of hydrogen-bond acceptors (Lipinski definition) is 3. The van der Waals surface area contributed by atoms with Crippen LogP contribution >= 0.6 is 0 Å². The van der Waals surface area contributed by atoms with Crippen molar-refractivity contribution in [2.24, 2.45) is 0 Å². The van der Waals surface area contributed by atoms with Crippen LogP contribution in [0.2, 0.25) is 18.1 Å². The summed E-state index contributed by atoms with van der Waals surface area (Å²) in [7, 11) is 2.52. The van der Waals surface area contributed by atoms with Gasteiger partial charge in [-0.3, -0.25) is 0 Å². The topological polar surface area (TPSA) is 21.7 Å². The van der Waals surface area contributed by atoms with Gasteiger partial charge in [0.25, 0.3) is 0 Å². The van der Waals surface area contributed by atoms with Crippen LogP contribution in [-0.2, 0) is 25.0 Å². The number of rotatable bonds is 9. The Bertz CT molecular complexity index is 360. The van der Waals surface area contributed by atoms with E-state index in [0.29, 0.717) is 6.61 Å². The van der Waals surface area contributed by atoms with E-state index < -0.39 is 8.32 Å². The molecule has 0 saturated carbocycles. The second-order valence-corrected chi connectivity index (χ2v) is 12.4. The van der Waals surface area contributed by atoms with E-state index in [1.807, 2.05) is 6.92 Å². The summed E-state index contributed by atoms with van der Waals surface area (Å²) in [6, 6.07) is 0. The van der Waals surface area contributed by atoms with Gasteiger partial charge in [0.05, 0.1) is 0 Å². The molecule has 0 aromatic carbocycles. The Morgan fingerprint density at radius 1 is 1.24 bits per heavy atom. The van der Waals surface area contributed by atoms with Crippen LogP contribution in [0.5, 0.6) is 0 Å². The van der Waals surface area contributed by atoms with Crippen molar-refractivity contribution >= 4 is 12.9 Å². The molecule has 0 aromatic rings. The molecule has 0 aliphatic heterocycles. The number of allylic oxidation sites excluding steroid dienone is 1. The first kappa shape index (κ1) is 21.1. The van der Waals surface area contributed by atoms with Gasteiger partial charge in [0, 0.05) is 0 Å². The maximum absolute atomic E-state index is 6.22. The second-order valence-electron chi connectivity index (χ2n) is 6.99. The average molecular weight is 352 g/mol. The maximum atomic E-state index is 6.22. The monoisotopic (exact) mass is 351 g/mol. The summed E-state index contributed by atoms with van der Waals surface area (Å²) in [5, 5.41) is 0.279. The van der Waals surface area contributed by atoms with Crippen molar-refractivity contribution < 1.29 is 25.0 Å². The minimum absolute atomic E-state index is 0.279. The first-order chi connectivity index (χ1) is 9.51. The molecule has 0 atom stereocenters. The van der Waals surface area contributed by atoms with Crippen molar-refractivity contribution in [2.45, 2.75) is 58.7 Å². The molecule has 0 heterocycles. The number of ether oxygens (including phenoxy) is 1. The molecule has 0 fully saturated rings. The second kappa shape index (κ2) is 9.27. The van der Waals surface area contributed by atoms with Crippen LogP contribution in [0, 0.1) is 0 Å². The fourth-order valence-corrected chi connectivity index (χ4v) is 3.03. The average Bonchev–Trinajstić information content (AvgIpc) is 2.31. The van der Waals surface area contributed by atoms with Crippen LogP contribution < -0.4 is 0 Å². The van der Waals surface area contributed by atoms with Crippen LogP contribution in [0.3, 0.4) is 0 Å². The van der Waals surface area contributed by atoms with Gasteiger partial charge in [-0.15, -0.1) is 0 Å². The molecule has 5 heteroatoms. The van der Waals surface area contributed by atoms with E-state index in [1.165, 1.54) is 5.70 Å². The molecule has 124 valence electrons. The Kier molecular flexibility index (Phi) is 9.31. The minimum atomic E-state index is -1.62. The van der Waals surface area contributed by atoms with Gasteiger partial charge in [-0.2, -0.15) is 0 Å². The molecule has 0 amide bonds. The predicted molar refractivity (Wildman–Crippen MR) is 90.8 cm³/mol.